The Morgan fingerprint density at radius 3 is 3.07 bits per heavy atom. The summed E-state index contributed by atoms with van der Waals surface area (Å²) in [6.07, 6.45) is 10.3. The fourth-order valence-corrected chi connectivity index (χ4v) is 4.49. The molecule has 0 aliphatic carbocycles. The van der Waals surface area contributed by atoms with Gasteiger partial charge in [-0.05, 0) is 72.7 Å². The van der Waals surface area contributed by atoms with Gasteiger partial charge in [0.05, 0.1) is 6.04 Å². The molecule has 4 heterocycles. The fourth-order valence-electron chi connectivity index (χ4n) is 3.54. The van der Waals surface area contributed by atoms with E-state index in [0.29, 0.717) is 18.7 Å². The molecule has 2 aliphatic heterocycles. The maximum Gasteiger partial charge on any atom is 0.225 e. The number of carbonyl (C=O) groups excluding carboxylic acids is 2. The number of fused-ring (bicyclic) bond motifs is 1. The highest BCUT2D eigenvalue weighted by molar-refractivity contribution is 7.10. The molecule has 4 rings (SSSR count). The summed E-state index contributed by atoms with van der Waals surface area (Å²) in [5.74, 6) is 0.679. The van der Waals surface area contributed by atoms with Gasteiger partial charge in [0, 0.05) is 23.9 Å². The largest absolute Gasteiger partial charge is 0.310 e. The predicted octanol–water partition coefficient (Wildman–Crippen LogP) is 3.45. The van der Waals surface area contributed by atoms with Crippen molar-refractivity contribution < 1.29 is 9.59 Å². The molecule has 28 heavy (non-hydrogen) atoms. The first-order chi connectivity index (χ1) is 13.6. The summed E-state index contributed by atoms with van der Waals surface area (Å²) in [6, 6.07) is 3.86. The molecule has 0 radical (unpaired) electrons. The van der Waals surface area contributed by atoms with Crippen molar-refractivity contribution in [1.29, 1.82) is 0 Å². The highest BCUT2D eigenvalue weighted by Gasteiger charge is 2.19. The number of rotatable bonds is 5. The van der Waals surface area contributed by atoms with E-state index < -0.39 is 0 Å². The molecule has 1 amide bonds. The maximum atomic E-state index is 12.6. The minimum Gasteiger partial charge on any atom is -0.310 e. The smallest absolute Gasteiger partial charge is 0.225 e. The van der Waals surface area contributed by atoms with Gasteiger partial charge < -0.3 is 10.6 Å². The molecule has 2 N–H and O–H groups in total. The molecule has 144 valence electrons. The number of thiophene rings is 1. The molecule has 0 saturated carbocycles. The van der Waals surface area contributed by atoms with Crippen LogP contribution in [0.5, 0.6) is 0 Å². The molecule has 0 fully saturated rings. The average molecular weight is 394 g/mol. The van der Waals surface area contributed by atoms with E-state index in [4.69, 9.17) is 0 Å². The zero-order valence-corrected chi connectivity index (χ0v) is 16.6. The maximum absolute atomic E-state index is 12.6. The lowest BCUT2D eigenvalue weighted by molar-refractivity contribution is -0.116. The van der Waals surface area contributed by atoms with Crippen LogP contribution in [0.1, 0.15) is 34.4 Å². The summed E-state index contributed by atoms with van der Waals surface area (Å²) in [4.78, 5) is 29.8. The Bertz CT molecular complexity index is 974. The van der Waals surface area contributed by atoms with Crippen LogP contribution in [0.15, 0.2) is 41.4 Å². The third-order valence-corrected chi connectivity index (χ3v) is 6.21. The number of carbonyl (C=O) groups is 2. The number of aryl methyl sites for hydroxylation is 2. The van der Waals surface area contributed by atoms with Gasteiger partial charge in [0.2, 0.25) is 5.91 Å². The summed E-state index contributed by atoms with van der Waals surface area (Å²) in [5.41, 5.74) is 4.53. The lowest BCUT2D eigenvalue weighted by atomic mass is 9.97. The highest BCUT2D eigenvalue weighted by atomic mass is 32.1. The van der Waals surface area contributed by atoms with Gasteiger partial charge in [-0.1, -0.05) is 11.6 Å². The first-order valence-electron chi connectivity index (χ1n) is 9.55. The van der Waals surface area contributed by atoms with Crippen molar-refractivity contribution in [2.24, 2.45) is 0 Å². The number of nitrogens with zero attached hydrogens (tertiary/aromatic N) is 1. The first-order valence-corrected chi connectivity index (χ1v) is 10.4. The molecule has 1 atom stereocenters. The van der Waals surface area contributed by atoms with Crippen LogP contribution in [0.2, 0.25) is 0 Å². The van der Waals surface area contributed by atoms with Crippen molar-refractivity contribution in [1.82, 2.24) is 10.3 Å². The van der Waals surface area contributed by atoms with Crippen molar-refractivity contribution in [2.75, 3.05) is 11.9 Å². The van der Waals surface area contributed by atoms with Crippen LogP contribution < -0.4 is 10.6 Å². The summed E-state index contributed by atoms with van der Waals surface area (Å²) >= 11 is 1.78. The van der Waals surface area contributed by atoms with Crippen molar-refractivity contribution >= 4 is 34.9 Å². The molecule has 5 nitrogen and oxygen atoms in total. The van der Waals surface area contributed by atoms with Crippen LogP contribution in [-0.4, -0.2) is 29.3 Å². The quantitative estimate of drug-likeness (QED) is 0.603. The van der Waals surface area contributed by atoms with Crippen LogP contribution in [0.4, 0.5) is 5.82 Å². The number of aromatic nitrogens is 1. The lowest BCUT2D eigenvalue weighted by Crippen LogP contribution is -2.38. The fraction of sp³-hybridized carbons (Fsp3) is 0.318. The summed E-state index contributed by atoms with van der Waals surface area (Å²) in [7, 11) is 0. The average Bonchev–Trinajstić information content (AvgIpc) is 3.10. The summed E-state index contributed by atoms with van der Waals surface area (Å²) < 4.78 is 0. The standard InChI is InChI=1S/C22H23N3O2S/c1-14-7-9-28-20(14)12-15-6-8-23-18(11-15)19(26)4-2-16-10-17-3-5-21(27)25-22(17)24-13-16/h2,4,7,9-11,13,18,23H,3,5-6,8,12H2,1H3,(H,24,25,27)/b4-2+. The molecule has 0 saturated heterocycles. The molecular weight excluding hydrogens is 370 g/mol. The lowest BCUT2D eigenvalue weighted by Gasteiger charge is -2.21. The topological polar surface area (TPSA) is 71.1 Å². The number of pyridine rings is 1. The Balaban J connectivity index is 1.43. The molecule has 0 spiro atoms. The van der Waals surface area contributed by atoms with Gasteiger partial charge in [-0.15, -0.1) is 11.3 Å². The van der Waals surface area contributed by atoms with Gasteiger partial charge in [-0.3, -0.25) is 9.59 Å². The van der Waals surface area contributed by atoms with E-state index in [1.165, 1.54) is 16.0 Å². The molecule has 6 heteroatoms. The van der Waals surface area contributed by atoms with Crippen LogP contribution >= 0.6 is 11.3 Å². The number of anilines is 1. The monoisotopic (exact) mass is 393 g/mol. The molecular formula is C22H23N3O2S. The van der Waals surface area contributed by atoms with Gasteiger partial charge >= 0.3 is 0 Å². The van der Waals surface area contributed by atoms with Crippen LogP contribution in [0.3, 0.4) is 0 Å². The third kappa shape index (κ3) is 4.29. The second kappa shape index (κ2) is 8.20. The molecule has 0 aromatic carbocycles. The van der Waals surface area contributed by atoms with Crippen molar-refractivity contribution in [3.63, 3.8) is 0 Å². The predicted molar refractivity (Wildman–Crippen MR) is 112 cm³/mol. The Hall–Kier alpha value is -2.57. The molecule has 2 aromatic heterocycles. The van der Waals surface area contributed by atoms with Gasteiger partial charge in [-0.2, -0.15) is 0 Å². The minimum absolute atomic E-state index is 0.00202. The van der Waals surface area contributed by atoms with Crippen LogP contribution in [0.25, 0.3) is 6.08 Å². The zero-order valence-electron chi connectivity index (χ0n) is 15.8. The molecule has 2 aromatic rings. The molecule has 0 bridgehead atoms. The highest BCUT2D eigenvalue weighted by Crippen LogP contribution is 2.23. The Morgan fingerprint density at radius 1 is 1.36 bits per heavy atom. The van der Waals surface area contributed by atoms with Gasteiger partial charge in [0.1, 0.15) is 5.82 Å². The number of hydrogen-bond donors (Lipinski definition) is 2. The third-order valence-electron chi connectivity index (χ3n) is 5.18. The number of hydrogen-bond acceptors (Lipinski definition) is 5. The van der Waals surface area contributed by atoms with Crippen molar-refractivity contribution in [3.8, 4) is 0 Å². The molecule has 1 unspecified atom stereocenters. The first kappa shape index (κ1) is 18.8. The van der Waals surface area contributed by atoms with Crippen molar-refractivity contribution in [3.05, 3.63) is 63.0 Å². The van der Waals surface area contributed by atoms with E-state index in [1.807, 2.05) is 6.07 Å². The summed E-state index contributed by atoms with van der Waals surface area (Å²) in [5, 5.41) is 8.19. The Morgan fingerprint density at radius 2 is 2.25 bits per heavy atom. The van der Waals surface area contributed by atoms with Crippen LogP contribution in [0, 0.1) is 6.92 Å². The normalized spacial score (nSPS) is 19.2. The van der Waals surface area contributed by atoms with E-state index in [-0.39, 0.29) is 17.7 Å². The van der Waals surface area contributed by atoms with E-state index >= 15 is 0 Å². The second-order valence-corrected chi connectivity index (χ2v) is 8.27. The van der Waals surface area contributed by atoms with Gasteiger partial charge in [0.15, 0.2) is 5.78 Å². The number of ketones is 1. The van der Waals surface area contributed by atoms with E-state index in [1.54, 1.807) is 29.7 Å². The SMILES string of the molecule is Cc1ccsc1CC1=CC(C(=O)/C=C/c2cnc3c(c2)CCC(=O)N3)NCC1. The summed E-state index contributed by atoms with van der Waals surface area (Å²) in [6.45, 7) is 2.96. The Labute approximate surface area is 168 Å². The van der Waals surface area contributed by atoms with E-state index in [0.717, 1.165) is 30.5 Å². The van der Waals surface area contributed by atoms with Gasteiger partial charge in [-0.25, -0.2) is 4.98 Å². The second-order valence-electron chi connectivity index (χ2n) is 7.27. The van der Waals surface area contributed by atoms with E-state index in [2.05, 4.69) is 40.1 Å². The molecule has 2 aliphatic rings. The zero-order chi connectivity index (χ0) is 19.5. The van der Waals surface area contributed by atoms with Crippen molar-refractivity contribution in [2.45, 2.75) is 38.6 Å². The van der Waals surface area contributed by atoms with Gasteiger partial charge in [0.25, 0.3) is 0 Å². The van der Waals surface area contributed by atoms with E-state index in [9.17, 15) is 9.59 Å². The number of nitrogens with one attached hydrogen (secondary N) is 2. The number of amides is 1. The Kier molecular flexibility index (Phi) is 5.50. The minimum atomic E-state index is -0.273. The van der Waals surface area contributed by atoms with Crippen LogP contribution in [-0.2, 0) is 22.4 Å².